The molecular weight excluding hydrogens is 673 g/mol. The van der Waals surface area contributed by atoms with Crippen LogP contribution in [0.1, 0.15) is 77.2 Å². The van der Waals surface area contributed by atoms with Crippen LogP contribution in [0.15, 0.2) is 54.6 Å². The van der Waals surface area contributed by atoms with E-state index >= 15 is 0 Å². The van der Waals surface area contributed by atoms with Crippen LogP contribution < -0.4 is 10.6 Å². The number of likely N-dealkylation sites (tertiary alicyclic amines) is 1. The molecule has 2 amide bonds. The van der Waals surface area contributed by atoms with Gasteiger partial charge in [0.1, 0.15) is 5.82 Å². The van der Waals surface area contributed by atoms with Crippen molar-refractivity contribution in [1.82, 2.24) is 4.90 Å². The average Bonchev–Trinajstić information content (AvgIpc) is 3.47. The molecule has 3 aromatic rings. The molecule has 2 aliphatic rings. The zero-order chi connectivity index (χ0) is 30.9. The van der Waals surface area contributed by atoms with E-state index in [0.29, 0.717) is 40.1 Å². The minimum absolute atomic E-state index is 0.0454. The zero-order valence-corrected chi connectivity index (χ0v) is 26.2. The Bertz CT molecular complexity index is 1480. The van der Waals surface area contributed by atoms with Gasteiger partial charge in [0, 0.05) is 21.8 Å². The molecule has 1 aliphatic carbocycles. The highest BCUT2D eigenvalue weighted by atomic mass is 127. The standard InChI is InChI=1S/C33H34F4IN3O2/c1-19-7-5-11-26(34)29(19)32(43)41-16-6-10-24(30(41)21-12-14-23(15-13-21)39-22-8-3-4-9-22)31(42)40-28-18-25(33(35,36)37)20(2)17-27(28)38/h5,7,11-15,17-18,22,24,30,39H,3-4,6,8-10,16H2,1-2H3,(H,40,42)/t24-,30?/m0/s1. The lowest BCUT2D eigenvalue weighted by molar-refractivity contribution is -0.138. The van der Waals surface area contributed by atoms with E-state index in [-0.39, 0.29) is 16.8 Å². The van der Waals surface area contributed by atoms with Gasteiger partial charge in [0.15, 0.2) is 0 Å². The molecule has 2 N–H and O–H groups in total. The average molecular weight is 708 g/mol. The SMILES string of the molecule is Cc1cc(I)c(NC(=O)[C@H]2CCCN(C(=O)c3c(C)cccc3F)C2c2ccc(NC3CCCC3)cc2)cc1C(F)(F)F. The summed E-state index contributed by atoms with van der Waals surface area (Å²) in [7, 11) is 0. The van der Waals surface area contributed by atoms with Gasteiger partial charge in [-0.25, -0.2) is 4.39 Å². The molecule has 3 aromatic carbocycles. The fourth-order valence-corrected chi connectivity index (χ4v) is 7.10. The van der Waals surface area contributed by atoms with Crippen LogP contribution in [0.4, 0.5) is 28.9 Å². The van der Waals surface area contributed by atoms with Crippen LogP contribution in [0.2, 0.25) is 0 Å². The molecule has 0 radical (unpaired) electrons. The molecular formula is C33H34F4IN3O2. The van der Waals surface area contributed by atoms with Crippen LogP contribution in [0, 0.1) is 29.2 Å². The highest BCUT2D eigenvalue weighted by molar-refractivity contribution is 14.1. The van der Waals surface area contributed by atoms with Crippen molar-refractivity contribution in [2.45, 2.75) is 70.6 Å². The number of nitrogens with zero attached hydrogens (tertiary/aromatic N) is 1. The molecule has 5 rings (SSSR count). The number of benzene rings is 3. The molecule has 1 aliphatic heterocycles. The van der Waals surface area contributed by atoms with E-state index in [1.807, 2.05) is 46.9 Å². The highest BCUT2D eigenvalue weighted by Crippen LogP contribution is 2.40. The van der Waals surface area contributed by atoms with Crippen molar-refractivity contribution in [3.05, 3.63) is 91.8 Å². The Balaban J connectivity index is 1.50. The highest BCUT2D eigenvalue weighted by Gasteiger charge is 2.41. The summed E-state index contributed by atoms with van der Waals surface area (Å²) in [6, 6.07) is 14.1. The molecule has 0 spiro atoms. The first-order valence-electron chi connectivity index (χ1n) is 14.5. The summed E-state index contributed by atoms with van der Waals surface area (Å²) >= 11 is 1.91. The zero-order valence-electron chi connectivity index (χ0n) is 24.0. The molecule has 1 unspecified atom stereocenters. The second-order valence-corrected chi connectivity index (χ2v) is 12.7. The molecule has 1 saturated carbocycles. The van der Waals surface area contributed by atoms with E-state index < -0.39 is 41.3 Å². The van der Waals surface area contributed by atoms with Gasteiger partial charge in [0.2, 0.25) is 5.91 Å². The number of aryl methyl sites for hydroxylation is 2. The Hall–Kier alpha value is -3.15. The van der Waals surface area contributed by atoms with Crippen molar-refractivity contribution in [3.8, 4) is 0 Å². The van der Waals surface area contributed by atoms with E-state index in [9.17, 15) is 27.2 Å². The lowest BCUT2D eigenvalue weighted by atomic mass is 9.83. The monoisotopic (exact) mass is 707 g/mol. The minimum atomic E-state index is -4.57. The van der Waals surface area contributed by atoms with Crippen LogP contribution >= 0.6 is 22.6 Å². The van der Waals surface area contributed by atoms with Crippen LogP contribution in [-0.4, -0.2) is 29.3 Å². The van der Waals surface area contributed by atoms with Gasteiger partial charge >= 0.3 is 6.18 Å². The van der Waals surface area contributed by atoms with Gasteiger partial charge in [-0.3, -0.25) is 9.59 Å². The normalized spacial score (nSPS) is 19.4. The van der Waals surface area contributed by atoms with Crippen LogP contribution in [0.25, 0.3) is 0 Å². The first-order chi connectivity index (χ1) is 20.4. The van der Waals surface area contributed by atoms with Gasteiger partial charge in [-0.2, -0.15) is 13.2 Å². The van der Waals surface area contributed by atoms with Gasteiger partial charge in [-0.05, 0) is 109 Å². The Morgan fingerprint density at radius 3 is 2.28 bits per heavy atom. The van der Waals surface area contributed by atoms with E-state index in [0.717, 1.165) is 24.6 Å². The molecule has 10 heteroatoms. The lowest BCUT2D eigenvalue weighted by Gasteiger charge is -2.41. The van der Waals surface area contributed by atoms with Crippen molar-refractivity contribution in [2.75, 3.05) is 17.2 Å². The third kappa shape index (κ3) is 6.84. The van der Waals surface area contributed by atoms with Gasteiger partial charge < -0.3 is 15.5 Å². The number of halogens is 5. The maximum atomic E-state index is 15.0. The smallest absolute Gasteiger partial charge is 0.382 e. The van der Waals surface area contributed by atoms with Crippen molar-refractivity contribution in [2.24, 2.45) is 5.92 Å². The Labute approximate surface area is 262 Å². The van der Waals surface area contributed by atoms with Crippen LogP contribution in [-0.2, 0) is 11.0 Å². The maximum absolute atomic E-state index is 15.0. The first-order valence-corrected chi connectivity index (χ1v) is 15.6. The van der Waals surface area contributed by atoms with Crippen LogP contribution in [0.3, 0.4) is 0 Å². The van der Waals surface area contributed by atoms with E-state index in [4.69, 9.17) is 0 Å². The molecule has 2 atom stereocenters. The predicted molar refractivity (Wildman–Crippen MR) is 167 cm³/mol. The number of alkyl halides is 3. The minimum Gasteiger partial charge on any atom is -0.382 e. The summed E-state index contributed by atoms with van der Waals surface area (Å²) in [4.78, 5) is 29.3. The van der Waals surface area contributed by atoms with Crippen molar-refractivity contribution in [1.29, 1.82) is 0 Å². The number of rotatable bonds is 6. The van der Waals surface area contributed by atoms with Crippen molar-refractivity contribution < 1.29 is 27.2 Å². The predicted octanol–water partition coefficient (Wildman–Crippen LogP) is 8.65. The largest absolute Gasteiger partial charge is 0.416 e. The molecule has 0 aromatic heterocycles. The Morgan fingerprint density at radius 2 is 1.63 bits per heavy atom. The number of anilines is 2. The lowest BCUT2D eigenvalue weighted by Crippen LogP contribution is -2.46. The summed E-state index contributed by atoms with van der Waals surface area (Å²) < 4.78 is 56.4. The third-order valence-corrected chi connectivity index (χ3v) is 9.41. The number of hydrogen-bond donors (Lipinski definition) is 2. The number of nitrogens with one attached hydrogen (secondary N) is 2. The van der Waals surface area contributed by atoms with Crippen molar-refractivity contribution in [3.63, 3.8) is 0 Å². The van der Waals surface area contributed by atoms with Gasteiger partial charge in [-0.1, -0.05) is 37.1 Å². The second kappa shape index (κ2) is 12.8. The van der Waals surface area contributed by atoms with Gasteiger partial charge in [-0.15, -0.1) is 0 Å². The fraction of sp³-hybridized carbons (Fsp3) is 0.394. The van der Waals surface area contributed by atoms with E-state index in [1.54, 1.807) is 24.0 Å². The molecule has 43 heavy (non-hydrogen) atoms. The molecule has 2 fully saturated rings. The van der Waals surface area contributed by atoms with Crippen LogP contribution in [0.5, 0.6) is 0 Å². The first kappa shape index (κ1) is 31.3. The number of piperidine rings is 1. The molecule has 5 nitrogen and oxygen atoms in total. The summed E-state index contributed by atoms with van der Waals surface area (Å²) in [6.45, 7) is 3.36. The number of carbonyl (C=O) groups excluding carboxylic acids is 2. The molecule has 1 heterocycles. The summed E-state index contributed by atoms with van der Waals surface area (Å²) in [5.41, 5.74) is 1.38. The maximum Gasteiger partial charge on any atom is 0.416 e. The number of amides is 2. The fourth-order valence-electron chi connectivity index (χ4n) is 6.34. The summed E-state index contributed by atoms with van der Waals surface area (Å²) in [5.74, 6) is -2.42. The van der Waals surface area contributed by atoms with Gasteiger partial charge in [0.25, 0.3) is 5.91 Å². The summed E-state index contributed by atoms with van der Waals surface area (Å²) in [5, 5.41) is 6.27. The van der Waals surface area contributed by atoms with Gasteiger partial charge in [0.05, 0.1) is 28.8 Å². The van der Waals surface area contributed by atoms with Crippen molar-refractivity contribution >= 4 is 45.8 Å². The quantitative estimate of drug-likeness (QED) is 0.199. The molecule has 0 bridgehead atoms. The molecule has 228 valence electrons. The Morgan fingerprint density at radius 1 is 0.930 bits per heavy atom. The second-order valence-electron chi connectivity index (χ2n) is 11.5. The third-order valence-electron chi connectivity index (χ3n) is 8.52. The number of hydrogen-bond acceptors (Lipinski definition) is 3. The topological polar surface area (TPSA) is 61.4 Å². The molecule has 1 saturated heterocycles. The summed E-state index contributed by atoms with van der Waals surface area (Å²) in [6.07, 6.45) is 0.893. The number of carbonyl (C=O) groups is 2. The van der Waals surface area contributed by atoms with E-state index in [1.165, 1.54) is 31.9 Å². The Kier molecular flexibility index (Phi) is 9.34. The van der Waals surface area contributed by atoms with E-state index in [2.05, 4.69) is 10.6 Å².